The van der Waals surface area contributed by atoms with Gasteiger partial charge >= 0.3 is 0 Å². The Morgan fingerprint density at radius 3 is 2.91 bits per heavy atom. The molecule has 0 bridgehead atoms. The Labute approximate surface area is 133 Å². The summed E-state index contributed by atoms with van der Waals surface area (Å²) in [5.41, 5.74) is 2.05. The lowest BCUT2D eigenvalue weighted by molar-refractivity contribution is -0.121. The zero-order valence-electron chi connectivity index (χ0n) is 12.6. The van der Waals surface area contributed by atoms with Gasteiger partial charge in [0.15, 0.2) is 0 Å². The molecule has 0 unspecified atom stereocenters. The Bertz CT molecular complexity index is 761. The number of hydrogen-bond donors (Lipinski definition) is 1. The van der Waals surface area contributed by atoms with Gasteiger partial charge in [0.1, 0.15) is 5.82 Å². The molecular weight excluding hydrogens is 294 g/mol. The van der Waals surface area contributed by atoms with Crippen LogP contribution in [0.3, 0.4) is 0 Å². The van der Waals surface area contributed by atoms with Gasteiger partial charge < -0.3 is 9.88 Å². The van der Waals surface area contributed by atoms with E-state index < -0.39 is 0 Å². The number of para-hydroxylation sites is 2. The molecule has 0 aliphatic carbocycles. The molecule has 0 saturated heterocycles. The monoisotopic (exact) mass is 313 g/mol. The van der Waals surface area contributed by atoms with Crippen molar-refractivity contribution >= 4 is 28.3 Å². The minimum atomic E-state index is 0.0867. The number of imidazole rings is 1. The van der Waals surface area contributed by atoms with Gasteiger partial charge in [-0.25, -0.2) is 4.98 Å². The third-order valence-corrected chi connectivity index (χ3v) is 4.67. The summed E-state index contributed by atoms with van der Waals surface area (Å²) in [5.74, 6) is 0.969. The molecule has 0 fully saturated rings. The van der Waals surface area contributed by atoms with Crippen LogP contribution >= 0.6 is 11.3 Å². The second kappa shape index (κ2) is 6.75. The predicted octanol–water partition coefficient (Wildman–Crippen LogP) is 3.27. The van der Waals surface area contributed by atoms with Crippen molar-refractivity contribution in [3.63, 3.8) is 0 Å². The van der Waals surface area contributed by atoms with Gasteiger partial charge in [0.2, 0.25) is 5.91 Å². The highest BCUT2D eigenvalue weighted by Crippen LogP contribution is 2.14. The summed E-state index contributed by atoms with van der Waals surface area (Å²) in [6, 6.07) is 12.2. The van der Waals surface area contributed by atoms with Crippen molar-refractivity contribution in [2.45, 2.75) is 25.8 Å². The minimum Gasteiger partial charge on any atom is -0.349 e. The lowest BCUT2D eigenvalue weighted by Gasteiger charge is -2.05. The summed E-state index contributed by atoms with van der Waals surface area (Å²) in [5, 5.41) is 5.03. The standard InChI is InChI=1S/C17H19N3OS/c1-20-15-9-3-2-8-14(15)19-16(20)12-18-17(21)10-4-6-13-7-5-11-22-13/h2-3,5,7-9,11H,4,6,10,12H2,1H3,(H,18,21). The summed E-state index contributed by atoms with van der Waals surface area (Å²) in [6.07, 6.45) is 2.41. The zero-order chi connectivity index (χ0) is 15.4. The molecule has 0 radical (unpaired) electrons. The number of nitrogens with one attached hydrogen (secondary N) is 1. The normalized spacial score (nSPS) is 11.0. The second-order valence-corrected chi connectivity index (χ2v) is 6.32. The number of carbonyl (C=O) groups excluding carboxylic acids is 1. The average molecular weight is 313 g/mol. The molecule has 5 heteroatoms. The van der Waals surface area contributed by atoms with Gasteiger partial charge in [0.05, 0.1) is 17.6 Å². The van der Waals surface area contributed by atoms with Crippen molar-refractivity contribution in [3.8, 4) is 0 Å². The summed E-state index contributed by atoms with van der Waals surface area (Å²) in [7, 11) is 1.98. The van der Waals surface area contributed by atoms with E-state index in [1.807, 2.05) is 41.9 Å². The van der Waals surface area contributed by atoms with Crippen LogP contribution in [0.2, 0.25) is 0 Å². The van der Waals surface area contributed by atoms with Crippen LogP contribution in [0.4, 0.5) is 0 Å². The molecule has 1 amide bonds. The third kappa shape index (κ3) is 3.36. The first-order chi connectivity index (χ1) is 10.7. The van der Waals surface area contributed by atoms with Crippen molar-refractivity contribution in [1.82, 2.24) is 14.9 Å². The molecule has 4 nitrogen and oxygen atoms in total. The first-order valence-corrected chi connectivity index (χ1v) is 8.31. The van der Waals surface area contributed by atoms with E-state index in [4.69, 9.17) is 0 Å². The van der Waals surface area contributed by atoms with E-state index in [1.165, 1.54) is 4.88 Å². The van der Waals surface area contributed by atoms with Crippen molar-refractivity contribution in [3.05, 3.63) is 52.5 Å². The summed E-state index contributed by atoms with van der Waals surface area (Å²) < 4.78 is 2.03. The smallest absolute Gasteiger partial charge is 0.220 e. The highest BCUT2D eigenvalue weighted by molar-refractivity contribution is 7.09. The van der Waals surface area contributed by atoms with Gasteiger partial charge in [0.25, 0.3) is 0 Å². The third-order valence-electron chi connectivity index (χ3n) is 3.73. The van der Waals surface area contributed by atoms with Crippen molar-refractivity contribution < 1.29 is 4.79 Å². The molecule has 22 heavy (non-hydrogen) atoms. The Hall–Kier alpha value is -2.14. The van der Waals surface area contributed by atoms with Crippen LogP contribution in [0.25, 0.3) is 11.0 Å². The average Bonchev–Trinajstić information content (AvgIpc) is 3.14. The molecule has 1 N–H and O–H groups in total. The lowest BCUT2D eigenvalue weighted by atomic mass is 10.2. The number of benzene rings is 1. The number of rotatable bonds is 6. The zero-order valence-corrected chi connectivity index (χ0v) is 13.4. The van der Waals surface area contributed by atoms with Crippen LogP contribution in [-0.4, -0.2) is 15.5 Å². The number of thiophene rings is 1. The fraction of sp³-hybridized carbons (Fsp3) is 0.294. The Balaban J connectivity index is 1.50. The maximum atomic E-state index is 11.9. The van der Waals surface area contributed by atoms with Crippen LogP contribution in [0, 0.1) is 0 Å². The van der Waals surface area contributed by atoms with Gasteiger partial charge in [-0.2, -0.15) is 0 Å². The number of aromatic nitrogens is 2. The number of hydrogen-bond acceptors (Lipinski definition) is 3. The predicted molar refractivity (Wildman–Crippen MR) is 89.8 cm³/mol. The highest BCUT2D eigenvalue weighted by Gasteiger charge is 2.08. The van der Waals surface area contributed by atoms with Gasteiger partial charge in [-0.15, -0.1) is 11.3 Å². The number of nitrogens with zero attached hydrogens (tertiary/aromatic N) is 2. The molecule has 0 aliphatic heterocycles. The van der Waals surface area contributed by atoms with Crippen LogP contribution in [0.1, 0.15) is 23.5 Å². The van der Waals surface area contributed by atoms with E-state index in [9.17, 15) is 4.79 Å². The first kappa shape index (κ1) is 14.8. The largest absolute Gasteiger partial charge is 0.349 e. The van der Waals surface area contributed by atoms with Gasteiger partial charge in [-0.1, -0.05) is 18.2 Å². The molecule has 3 rings (SSSR count). The Morgan fingerprint density at radius 1 is 1.27 bits per heavy atom. The second-order valence-electron chi connectivity index (χ2n) is 5.29. The van der Waals surface area contributed by atoms with E-state index in [0.717, 1.165) is 29.7 Å². The lowest BCUT2D eigenvalue weighted by Crippen LogP contribution is -2.24. The van der Waals surface area contributed by atoms with Gasteiger partial charge in [0, 0.05) is 18.3 Å². The number of carbonyl (C=O) groups is 1. The van der Waals surface area contributed by atoms with Crippen LogP contribution in [0.15, 0.2) is 41.8 Å². The molecule has 0 aliphatic rings. The number of fused-ring (bicyclic) bond motifs is 1. The molecule has 0 saturated carbocycles. The summed E-state index contributed by atoms with van der Waals surface area (Å²) >= 11 is 1.74. The molecule has 1 aromatic carbocycles. The van der Waals surface area contributed by atoms with Crippen molar-refractivity contribution in [2.75, 3.05) is 0 Å². The van der Waals surface area contributed by atoms with E-state index in [-0.39, 0.29) is 5.91 Å². The van der Waals surface area contributed by atoms with Crippen molar-refractivity contribution in [1.29, 1.82) is 0 Å². The molecule has 114 valence electrons. The Kier molecular flexibility index (Phi) is 4.53. The molecule has 3 aromatic rings. The van der Waals surface area contributed by atoms with E-state index >= 15 is 0 Å². The van der Waals surface area contributed by atoms with Gasteiger partial charge in [-0.3, -0.25) is 4.79 Å². The fourth-order valence-corrected chi connectivity index (χ4v) is 3.25. The highest BCUT2D eigenvalue weighted by atomic mass is 32.1. The first-order valence-electron chi connectivity index (χ1n) is 7.43. The molecule has 0 spiro atoms. The van der Waals surface area contributed by atoms with Crippen molar-refractivity contribution in [2.24, 2.45) is 7.05 Å². The molecule has 2 heterocycles. The van der Waals surface area contributed by atoms with E-state index in [0.29, 0.717) is 13.0 Å². The number of amides is 1. The SMILES string of the molecule is Cn1c(CNC(=O)CCCc2cccs2)nc2ccccc21. The Morgan fingerprint density at radius 2 is 2.14 bits per heavy atom. The maximum Gasteiger partial charge on any atom is 0.220 e. The summed E-state index contributed by atoms with van der Waals surface area (Å²) in [4.78, 5) is 17.8. The van der Waals surface area contributed by atoms with Crippen LogP contribution in [-0.2, 0) is 24.8 Å². The summed E-state index contributed by atoms with van der Waals surface area (Å²) in [6.45, 7) is 0.475. The van der Waals surface area contributed by atoms with E-state index in [1.54, 1.807) is 11.3 Å². The fourth-order valence-electron chi connectivity index (χ4n) is 2.50. The molecular formula is C17H19N3OS. The van der Waals surface area contributed by atoms with E-state index in [2.05, 4.69) is 21.7 Å². The molecule has 0 atom stereocenters. The quantitative estimate of drug-likeness (QED) is 0.759. The number of aryl methyl sites for hydroxylation is 2. The van der Waals surface area contributed by atoms with Crippen LogP contribution in [0.5, 0.6) is 0 Å². The maximum absolute atomic E-state index is 11.9. The van der Waals surface area contributed by atoms with Gasteiger partial charge in [-0.05, 0) is 36.4 Å². The topological polar surface area (TPSA) is 46.9 Å². The molecule has 2 aromatic heterocycles. The van der Waals surface area contributed by atoms with Crippen LogP contribution < -0.4 is 5.32 Å². The minimum absolute atomic E-state index is 0.0867.